The molecule has 0 radical (unpaired) electrons. The molecule has 60 valence electrons. The molecule has 0 aromatic carbocycles. The van der Waals surface area contributed by atoms with E-state index in [1.807, 2.05) is 0 Å². The first-order chi connectivity index (χ1) is 4.38. The van der Waals surface area contributed by atoms with E-state index in [2.05, 4.69) is 0 Å². The molecule has 0 bridgehead atoms. The second-order valence-electron chi connectivity index (χ2n) is 3.93. The zero-order valence-electron chi connectivity index (χ0n) is 6.75. The molecule has 2 atom stereocenters. The highest BCUT2D eigenvalue weighted by Crippen LogP contribution is 2.49. The third-order valence-electron chi connectivity index (χ3n) is 2.99. The van der Waals surface area contributed by atoms with Gasteiger partial charge in [-0.1, -0.05) is 13.8 Å². The molecule has 1 saturated carbocycles. The summed E-state index contributed by atoms with van der Waals surface area (Å²) in [7, 11) is 0. The average Bonchev–Trinajstić information content (AvgIpc) is 1.94. The summed E-state index contributed by atoms with van der Waals surface area (Å²) >= 11 is 0. The summed E-state index contributed by atoms with van der Waals surface area (Å²) in [5, 5.41) is 0. The zero-order chi connectivity index (χ0) is 7.99. The second-order valence-corrected chi connectivity index (χ2v) is 3.93. The molecule has 1 fully saturated rings. The molecule has 0 heterocycles. The molecule has 0 aromatic rings. The molecule has 0 aliphatic heterocycles. The number of rotatable bonds is 0. The average molecular weight is 148 g/mol. The molecule has 1 aliphatic rings. The summed E-state index contributed by atoms with van der Waals surface area (Å²) in [6, 6.07) is 0. The van der Waals surface area contributed by atoms with Gasteiger partial charge in [-0.2, -0.15) is 0 Å². The fraction of sp³-hybridized carbons (Fsp3) is 1.00. The van der Waals surface area contributed by atoms with Gasteiger partial charge in [0.05, 0.1) is 0 Å². The van der Waals surface area contributed by atoms with E-state index in [-0.39, 0.29) is 0 Å². The van der Waals surface area contributed by atoms with Crippen molar-refractivity contribution in [2.75, 3.05) is 0 Å². The lowest BCUT2D eigenvalue weighted by atomic mass is 9.80. The van der Waals surface area contributed by atoms with Crippen molar-refractivity contribution in [3.8, 4) is 0 Å². The molecule has 0 aromatic heterocycles. The Kier molecular flexibility index (Phi) is 1.53. The minimum atomic E-state index is -1.31. The van der Waals surface area contributed by atoms with Crippen molar-refractivity contribution >= 4 is 0 Å². The van der Waals surface area contributed by atoms with Gasteiger partial charge in [-0.15, -0.1) is 0 Å². The predicted molar refractivity (Wildman–Crippen MR) is 37.4 cm³/mol. The van der Waals surface area contributed by atoms with E-state index in [0.29, 0.717) is 12.8 Å². The van der Waals surface area contributed by atoms with Gasteiger partial charge < -0.3 is 0 Å². The van der Waals surface area contributed by atoms with E-state index in [1.54, 1.807) is 13.8 Å². The Hall–Kier alpha value is -0.140. The van der Waals surface area contributed by atoms with Crippen LogP contribution < -0.4 is 0 Å². The highest BCUT2D eigenvalue weighted by Gasteiger charge is 2.52. The molecular formula is C8H14F2. The lowest BCUT2D eigenvalue weighted by Gasteiger charge is -2.31. The highest BCUT2D eigenvalue weighted by molar-refractivity contribution is 5.01. The van der Waals surface area contributed by atoms with Crippen molar-refractivity contribution in [1.82, 2.24) is 0 Å². The quantitative estimate of drug-likeness (QED) is 0.495. The van der Waals surface area contributed by atoms with Crippen molar-refractivity contribution in [2.24, 2.45) is 5.41 Å². The predicted octanol–water partition coefficient (Wildman–Crippen LogP) is 2.87. The SMILES string of the molecule is CC1(F)CC[C@@H](F)C1(C)C. The first kappa shape index (κ1) is 7.96. The van der Waals surface area contributed by atoms with Gasteiger partial charge in [0.25, 0.3) is 0 Å². The molecule has 0 N–H and O–H groups in total. The van der Waals surface area contributed by atoms with Crippen LogP contribution in [0.5, 0.6) is 0 Å². The van der Waals surface area contributed by atoms with Crippen LogP contribution in [0.2, 0.25) is 0 Å². The van der Waals surface area contributed by atoms with Gasteiger partial charge in [0, 0.05) is 5.41 Å². The zero-order valence-corrected chi connectivity index (χ0v) is 6.75. The molecular weight excluding hydrogens is 134 g/mol. The largest absolute Gasteiger partial charge is 0.247 e. The number of hydrogen-bond donors (Lipinski definition) is 0. The van der Waals surface area contributed by atoms with Gasteiger partial charge in [-0.05, 0) is 19.8 Å². The van der Waals surface area contributed by atoms with Crippen LogP contribution in [-0.2, 0) is 0 Å². The molecule has 0 spiro atoms. The van der Waals surface area contributed by atoms with Gasteiger partial charge in [-0.25, -0.2) is 8.78 Å². The Labute approximate surface area is 60.6 Å². The van der Waals surface area contributed by atoms with Crippen LogP contribution >= 0.6 is 0 Å². The van der Waals surface area contributed by atoms with Gasteiger partial charge in [0.1, 0.15) is 11.8 Å². The third kappa shape index (κ3) is 0.850. The topological polar surface area (TPSA) is 0 Å². The van der Waals surface area contributed by atoms with Crippen molar-refractivity contribution in [1.29, 1.82) is 0 Å². The summed E-state index contributed by atoms with van der Waals surface area (Å²) in [4.78, 5) is 0. The maximum absolute atomic E-state index is 13.4. The van der Waals surface area contributed by atoms with Crippen molar-refractivity contribution in [2.45, 2.75) is 45.5 Å². The molecule has 10 heavy (non-hydrogen) atoms. The van der Waals surface area contributed by atoms with Crippen molar-refractivity contribution in [3.05, 3.63) is 0 Å². The Morgan fingerprint density at radius 2 is 1.80 bits per heavy atom. The lowest BCUT2D eigenvalue weighted by molar-refractivity contribution is 0.0260. The van der Waals surface area contributed by atoms with Crippen molar-refractivity contribution < 1.29 is 8.78 Å². The van der Waals surface area contributed by atoms with Crippen LogP contribution in [0.25, 0.3) is 0 Å². The van der Waals surface area contributed by atoms with E-state index in [4.69, 9.17) is 0 Å². The van der Waals surface area contributed by atoms with Crippen molar-refractivity contribution in [3.63, 3.8) is 0 Å². The maximum atomic E-state index is 13.4. The van der Waals surface area contributed by atoms with Gasteiger partial charge in [0.15, 0.2) is 0 Å². The number of halogens is 2. The second kappa shape index (κ2) is 1.93. The molecule has 1 unspecified atom stereocenters. The Balaban J connectivity index is 2.84. The van der Waals surface area contributed by atoms with Crippen LogP contribution in [0.4, 0.5) is 8.78 Å². The van der Waals surface area contributed by atoms with Crippen LogP contribution in [0, 0.1) is 5.41 Å². The fourth-order valence-electron chi connectivity index (χ4n) is 1.41. The summed E-state index contributed by atoms with van der Waals surface area (Å²) in [5.41, 5.74) is -2.10. The first-order valence-electron chi connectivity index (χ1n) is 3.71. The first-order valence-corrected chi connectivity index (χ1v) is 3.71. The molecule has 0 amide bonds. The monoisotopic (exact) mass is 148 g/mol. The lowest BCUT2D eigenvalue weighted by Crippen LogP contribution is -2.36. The molecule has 0 nitrogen and oxygen atoms in total. The third-order valence-corrected chi connectivity index (χ3v) is 2.99. The van der Waals surface area contributed by atoms with Crippen LogP contribution in [0.1, 0.15) is 33.6 Å². The number of alkyl halides is 2. The standard InChI is InChI=1S/C8H14F2/c1-7(2)6(9)4-5-8(7,3)10/h6H,4-5H2,1-3H3/t6-,8?/m1/s1. The van der Waals surface area contributed by atoms with Gasteiger partial charge >= 0.3 is 0 Å². The Bertz CT molecular complexity index is 138. The Morgan fingerprint density at radius 1 is 1.30 bits per heavy atom. The highest BCUT2D eigenvalue weighted by atomic mass is 19.2. The van der Waals surface area contributed by atoms with E-state index >= 15 is 0 Å². The minimum Gasteiger partial charge on any atom is -0.247 e. The van der Waals surface area contributed by atoms with Gasteiger partial charge in [0.2, 0.25) is 0 Å². The maximum Gasteiger partial charge on any atom is 0.116 e. The minimum absolute atomic E-state index is 0.362. The number of hydrogen-bond acceptors (Lipinski definition) is 0. The normalized spacial score (nSPS) is 45.9. The van der Waals surface area contributed by atoms with Crippen LogP contribution in [0.15, 0.2) is 0 Å². The summed E-state index contributed by atoms with van der Waals surface area (Å²) < 4.78 is 26.4. The van der Waals surface area contributed by atoms with E-state index in [1.165, 1.54) is 6.92 Å². The fourth-order valence-corrected chi connectivity index (χ4v) is 1.41. The van der Waals surface area contributed by atoms with Crippen LogP contribution in [-0.4, -0.2) is 11.8 Å². The van der Waals surface area contributed by atoms with Gasteiger partial charge in [-0.3, -0.25) is 0 Å². The Morgan fingerprint density at radius 3 is 1.90 bits per heavy atom. The van der Waals surface area contributed by atoms with Crippen LogP contribution in [0.3, 0.4) is 0 Å². The smallest absolute Gasteiger partial charge is 0.116 e. The van der Waals surface area contributed by atoms with E-state index in [0.717, 1.165) is 0 Å². The van der Waals surface area contributed by atoms with E-state index in [9.17, 15) is 8.78 Å². The molecule has 2 heteroatoms. The van der Waals surface area contributed by atoms with E-state index < -0.39 is 17.3 Å². The summed E-state index contributed by atoms with van der Waals surface area (Å²) in [6.07, 6.45) is -0.233. The molecule has 1 rings (SSSR count). The summed E-state index contributed by atoms with van der Waals surface area (Å²) in [6.45, 7) is 4.81. The molecule has 0 saturated heterocycles. The summed E-state index contributed by atoms with van der Waals surface area (Å²) in [5.74, 6) is 0. The molecule has 1 aliphatic carbocycles.